The molecule has 0 unspecified atom stereocenters. The van der Waals surface area contributed by atoms with Gasteiger partial charge in [-0.25, -0.2) is 9.97 Å². The van der Waals surface area contributed by atoms with E-state index < -0.39 is 0 Å². The smallest absolute Gasteiger partial charge is 0.128 e. The second kappa shape index (κ2) is 8.64. The van der Waals surface area contributed by atoms with Crippen molar-refractivity contribution < 1.29 is 9.47 Å². The maximum absolute atomic E-state index is 5.49. The second-order valence-electron chi connectivity index (χ2n) is 6.66. The largest absolute Gasteiger partial charge is 0.496 e. The molecule has 2 aromatic carbocycles. The first-order valence-electron chi connectivity index (χ1n) is 8.85. The molecule has 0 N–H and O–H groups in total. The summed E-state index contributed by atoms with van der Waals surface area (Å²) < 4.78 is 10.9. The first-order valence-corrected chi connectivity index (χ1v) is 8.85. The van der Waals surface area contributed by atoms with Gasteiger partial charge >= 0.3 is 0 Å². The van der Waals surface area contributed by atoms with E-state index in [1.807, 2.05) is 36.4 Å². The fourth-order valence-electron chi connectivity index (χ4n) is 3.11. The molecule has 5 heteroatoms. The van der Waals surface area contributed by atoms with Gasteiger partial charge in [0.05, 0.1) is 19.9 Å². The third-order valence-corrected chi connectivity index (χ3v) is 4.32. The molecule has 0 radical (unpaired) electrons. The van der Waals surface area contributed by atoms with Crippen LogP contribution in [0.4, 0.5) is 0 Å². The monoisotopic (exact) mass is 363 g/mol. The van der Waals surface area contributed by atoms with E-state index in [4.69, 9.17) is 9.47 Å². The summed E-state index contributed by atoms with van der Waals surface area (Å²) in [5.41, 5.74) is 5.15. The standard InChI is InChI=1S/C22H25N3O2/c1-25(2)14-17-11-16(9-10-21(17)26-3)12-18-13-20(24-15-23-18)19-7-5-6-8-22(19)27-4/h5-11,13,15H,12,14H2,1-4H3. The Morgan fingerprint density at radius 1 is 0.889 bits per heavy atom. The van der Waals surface area contributed by atoms with E-state index >= 15 is 0 Å². The van der Waals surface area contributed by atoms with E-state index in [0.29, 0.717) is 0 Å². The molecule has 0 saturated heterocycles. The van der Waals surface area contributed by atoms with E-state index in [0.717, 1.165) is 41.4 Å². The molecular formula is C22H25N3O2. The lowest BCUT2D eigenvalue weighted by molar-refractivity contribution is 0.371. The minimum absolute atomic E-state index is 0.731. The molecular weight excluding hydrogens is 338 g/mol. The Hall–Kier alpha value is -2.92. The van der Waals surface area contributed by atoms with Gasteiger partial charge in [0.2, 0.25) is 0 Å². The fourth-order valence-corrected chi connectivity index (χ4v) is 3.11. The number of hydrogen-bond acceptors (Lipinski definition) is 5. The van der Waals surface area contributed by atoms with Gasteiger partial charge in [0.25, 0.3) is 0 Å². The van der Waals surface area contributed by atoms with E-state index in [2.05, 4.69) is 41.1 Å². The first-order chi connectivity index (χ1) is 13.1. The van der Waals surface area contributed by atoms with Crippen LogP contribution in [0.25, 0.3) is 11.3 Å². The summed E-state index contributed by atoms with van der Waals surface area (Å²) in [6.45, 7) is 0.827. The van der Waals surface area contributed by atoms with Crippen molar-refractivity contribution in [2.45, 2.75) is 13.0 Å². The average Bonchev–Trinajstić information content (AvgIpc) is 2.68. The highest BCUT2D eigenvalue weighted by atomic mass is 16.5. The number of rotatable bonds is 7. The van der Waals surface area contributed by atoms with E-state index in [1.54, 1.807) is 20.5 Å². The van der Waals surface area contributed by atoms with Gasteiger partial charge in [0.15, 0.2) is 0 Å². The molecule has 1 heterocycles. The molecule has 1 aromatic heterocycles. The summed E-state index contributed by atoms with van der Waals surface area (Å²) in [5, 5.41) is 0. The van der Waals surface area contributed by atoms with Crippen LogP contribution in [0.1, 0.15) is 16.8 Å². The molecule has 0 aliphatic heterocycles. The summed E-state index contributed by atoms with van der Waals surface area (Å²) in [6, 6.07) is 16.2. The Labute approximate surface area is 160 Å². The van der Waals surface area contributed by atoms with Crippen molar-refractivity contribution >= 4 is 0 Å². The average molecular weight is 363 g/mol. The number of aromatic nitrogens is 2. The zero-order valence-corrected chi connectivity index (χ0v) is 16.3. The normalized spacial score (nSPS) is 10.9. The predicted molar refractivity (Wildman–Crippen MR) is 107 cm³/mol. The highest BCUT2D eigenvalue weighted by Gasteiger charge is 2.10. The number of benzene rings is 2. The van der Waals surface area contributed by atoms with Crippen molar-refractivity contribution in [3.8, 4) is 22.8 Å². The Kier molecular flexibility index (Phi) is 6.04. The van der Waals surface area contributed by atoms with E-state index in [1.165, 1.54) is 11.1 Å². The summed E-state index contributed by atoms with van der Waals surface area (Å²) in [6.07, 6.45) is 2.34. The van der Waals surface area contributed by atoms with E-state index in [-0.39, 0.29) is 0 Å². The maximum Gasteiger partial charge on any atom is 0.128 e. The van der Waals surface area contributed by atoms with Crippen LogP contribution in [0.2, 0.25) is 0 Å². The molecule has 0 bridgehead atoms. The van der Waals surface area contributed by atoms with Gasteiger partial charge in [-0.15, -0.1) is 0 Å². The molecule has 0 aliphatic rings. The van der Waals surface area contributed by atoms with E-state index in [9.17, 15) is 0 Å². The zero-order valence-electron chi connectivity index (χ0n) is 16.3. The highest BCUT2D eigenvalue weighted by Crippen LogP contribution is 2.28. The minimum atomic E-state index is 0.731. The van der Waals surface area contributed by atoms with Gasteiger partial charge in [-0.1, -0.05) is 24.3 Å². The Bertz CT molecular complexity index is 910. The summed E-state index contributed by atoms with van der Waals surface area (Å²) >= 11 is 0. The van der Waals surface area contributed by atoms with Crippen LogP contribution in [0.15, 0.2) is 54.9 Å². The van der Waals surface area contributed by atoms with Crippen molar-refractivity contribution in [3.63, 3.8) is 0 Å². The first kappa shape index (κ1) is 18.9. The Morgan fingerprint density at radius 3 is 2.41 bits per heavy atom. The van der Waals surface area contributed by atoms with Gasteiger partial charge in [-0.3, -0.25) is 0 Å². The van der Waals surface area contributed by atoms with Crippen LogP contribution < -0.4 is 9.47 Å². The van der Waals surface area contributed by atoms with Gasteiger partial charge in [0, 0.05) is 29.8 Å². The Morgan fingerprint density at radius 2 is 1.67 bits per heavy atom. The van der Waals surface area contributed by atoms with Crippen molar-refractivity contribution in [1.82, 2.24) is 14.9 Å². The lowest BCUT2D eigenvalue weighted by Gasteiger charge is -2.15. The number of methoxy groups -OCH3 is 2. The highest BCUT2D eigenvalue weighted by molar-refractivity contribution is 5.67. The van der Waals surface area contributed by atoms with Crippen molar-refractivity contribution in [2.75, 3.05) is 28.3 Å². The summed E-state index contributed by atoms with van der Waals surface area (Å²) in [4.78, 5) is 11.0. The van der Waals surface area contributed by atoms with Crippen LogP contribution in [0.3, 0.4) is 0 Å². The fraction of sp³-hybridized carbons (Fsp3) is 0.273. The van der Waals surface area contributed by atoms with Gasteiger partial charge in [-0.05, 0) is 43.9 Å². The summed E-state index contributed by atoms with van der Waals surface area (Å²) in [7, 11) is 7.48. The Balaban J connectivity index is 1.88. The third kappa shape index (κ3) is 4.63. The predicted octanol–water partition coefficient (Wildman–Crippen LogP) is 3.81. The molecule has 0 atom stereocenters. The number of para-hydroxylation sites is 1. The molecule has 3 rings (SSSR count). The van der Waals surface area contributed by atoms with Crippen LogP contribution in [-0.2, 0) is 13.0 Å². The third-order valence-electron chi connectivity index (χ3n) is 4.32. The lowest BCUT2D eigenvalue weighted by atomic mass is 10.0. The SMILES string of the molecule is COc1ccc(Cc2cc(-c3ccccc3OC)ncn2)cc1CN(C)C. The van der Waals surface area contributed by atoms with Crippen LogP contribution in [-0.4, -0.2) is 43.2 Å². The second-order valence-corrected chi connectivity index (χ2v) is 6.66. The summed E-state index contributed by atoms with van der Waals surface area (Å²) in [5.74, 6) is 1.71. The van der Waals surface area contributed by atoms with Gasteiger partial charge < -0.3 is 14.4 Å². The van der Waals surface area contributed by atoms with Crippen molar-refractivity contribution in [1.29, 1.82) is 0 Å². The molecule has 27 heavy (non-hydrogen) atoms. The minimum Gasteiger partial charge on any atom is -0.496 e. The van der Waals surface area contributed by atoms with Crippen LogP contribution >= 0.6 is 0 Å². The maximum atomic E-state index is 5.49. The van der Waals surface area contributed by atoms with Gasteiger partial charge in [0.1, 0.15) is 17.8 Å². The molecule has 3 aromatic rings. The van der Waals surface area contributed by atoms with Crippen molar-refractivity contribution in [3.05, 3.63) is 71.7 Å². The molecule has 0 spiro atoms. The van der Waals surface area contributed by atoms with Crippen LogP contribution in [0, 0.1) is 0 Å². The lowest BCUT2D eigenvalue weighted by Crippen LogP contribution is -2.12. The molecule has 0 aliphatic carbocycles. The molecule has 0 saturated carbocycles. The molecule has 5 nitrogen and oxygen atoms in total. The quantitative estimate of drug-likeness (QED) is 0.639. The number of nitrogens with zero attached hydrogens (tertiary/aromatic N) is 3. The van der Waals surface area contributed by atoms with Gasteiger partial charge in [-0.2, -0.15) is 0 Å². The zero-order chi connectivity index (χ0) is 19.2. The molecule has 140 valence electrons. The number of hydrogen-bond donors (Lipinski definition) is 0. The molecule has 0 amide bonds. The number of ether oxygens (including phenoxy) is 2. The van der Waals surface area contributed by atoms with Crippen LogP contribution in [0.5, 0.6) is 11.5 Å². The molecule has 0 fully saturated rings. The van der Waals surface area contributed by atoms with Crippen molar-refractivity contribution in [2.24, 2.45) is 0 Å². The topological polar surface area (TPSA) is 47.5 Å².